The van der Waals surface area contributed by atoms with Gasteiger partial charge < -0.3 is 0 Å². The summed E-state index contributed by atoms with van der Waals surface area (Å²) in [5.74, 6) is -2.45. The number of hydrogen-bond donors (Lipinski definition) is 0. The van der Waals surface area contributed by atoms with Gasteiger partial charge in [0.2, 0.25) is 0 Å². The summed E-state index contributed by atoms with van der Waals surface area (Å²) in [4.78, 5) is -0.184. The van der Waals surface area contributed by atoms with E-state index in [1.54, 1.807) is 24.3 Å². The molecule has 25 heavy (non-hydrogen) atoms. The molecule has 0 N–H and O–H groups in total. The van der Waals surface area contributed by atoms with Gasteiger partial charge in [-0.25, -0.2) is 16.8 Å². The number of rotatable bonds is 6. The van der Waals surface area contributed by atoms with Crippen LogP contribution >= 0.6 is 0 Å². The van der Waals surface area contributed by atoms with Crippen LogP contribution in [0, 0.1) is 28.6 Å². The number of benzene rings is 2. The fraction of sp³-hybridized carbons (Fsp3) is 0.176. The third-order valence-corrected chi connectivity index (χ3v) is 7.77. The van der Waals surface area contributed by atoms with Crippen LogP contribution in [0.25, 0.3) is 0 Å². The molecule has 0 saturated carbocycles. The molecule has 0 amide bonds. The van der Waals surface area contributed by atoms with Gasteiger partial charge in [-0.15, -0.1) is 0 Å². The third-order valence-electron chi connectivity index (χ3n) is 3.61. The molecule has 0 radical (unpaired) electrons. The molecule has 2 rings (SSSR count). The molecule has 0 aliphatic carbocycles. The molecule has 0 spiro atoms. The van der Waals surface area contributed by atoms with Crippen molar-refractivity contribution in [2.45, 2.75) is 15.0 Å². The first kappa shape index (κ1) is 18.7. The van der Waals surface area contributed by atoms with Gasteiger partial charge in [0.05, 0.1) is 27.7 Å². The van der Waals surface area contributed by atoms with E-state index in [1.807, 2.05) is 0 Å². The fourth-order valence-corrected chi connectivity index (χ4v) is 6.29. The molecular formula is C17H14N2O4S2. The monoisotopic (exact) mass is 374 g/mol. The lowest BCUT2D eigenvalue weighted by molar-refractivity contribution is 0.564. The Labute approximate surface area is 146 Å². The van der Waals surface area contributed by atoms with Gasteiger partial charge in [-0.3, -0.25) is 0 Å². The van der Waals surface area contributed by atoms with E-state index in [0.29, 0.717) is 0 Å². The van der Waals surface area contributed by atoms with E-state index in [9.17, 15) is 16.8 Å². The number of hydrogen-bond acceptors (Lipinski definition) is 6. The van der Waals surface area contributed by atoms with Crippen molar-refractivity contribution in [2.24, 2.45) is 5.92 Å². The maximum Gasteiger partial charge on any atom is 0.184 e. The Balaban J connectivity index is 2.53. The molecule has 2 aromatic rings. The summed E-state index contributed by atoms with van der Waals surface area (Å²) in [7, 11) is -8.19. The van der Waals surface area contributed by atoms with Gasteiger partial charge in [-0.1, -0.05) is 36.4 Å². The topological polar surface area (TPSA) is 116 Å². The van der Waals surface area contributed by atoms with Gasteiger partial charge in [0, 0.05) is 0 Å². The zero-order valence-electron chi connectivity index (χ0n) is 13.0. The summed E-state index contributed by atoms with van der Waals surface area (Å²) in [5.41, 5.74) is 0. The number of nitriles is 2. The average Bonchev–Trinajstić information content (AvgIpc) is 2.63. The zero-order valence-corrected chi connectivity index (χ0v) is 14.6. The zero-order chi connectivity index (χ0) is 18.5. The first-order valence-electron chi connectivity index (χ1n) is 7.19. The Morgan fingerprint density at radius 1 is 0.760 bits per heavy atom. The van der Waals surface area contributed by atoms with Crippen molar-refractivity contribution < 1.29 is 16.8 Å². The van der Waals surface area contributed by atoms with Crippen molar-refractivity contribution in [2.75, 3.05) is 5.75 Å². The van der Waals surface area contributed by atoms with Crippen LogP contribution in [0.5, 0.6) is 0 Å². The van der Waals surface area contributed by atoms with E-state index in [-0.39, 0.29) is 9.79 Å². The Bertz CT molecular complexity index is 1010. The molecule has 1 unspecified atom stereocenters. The largest absolute Gasteiger partial charge is 0.224 e. The van der Waals surface area contributed by atoms with Gasteiger partial charge in [-0.05, 0) is 24.3 Å². The number of nitrogens with zero attached hydrogens (tertiary/aromatic N) is 2. The van der Waals surface area contributed by atoms with Crippen LogP contribution in [0.15, 0.2) is 70.5 Å². The lowest BCUT2D eigenvalue weighted by Gasteiger charge is -2.18. The van der Waals surface area contributed by atoms with Gasteiger partial charge in [0.25, 0.3) is 0 Å². The maximum absolute atomic E-state index is 12.8. The number of sulfone groups is 2. The van der Waals surface area contributed by atoms with Crippen LogP contribution in [0.4, 0.5) is 0 Å². The van der Waals surface area contributed by atoms with Gasteiger partial charge in [0.15, 0.2) is 25.6 Å². The van der Waals surface area contributed by atoms with E-state index < -0.39 is 36.6 Å². The van der Waals surface area contributed by atoms with Crippen molar-refractivity contribution in [1.82, 2.24) is 0 Å². The molecule has 0 aliphatic heterocycles. The lowest BCUT2D eigenvalue weighted by Crippen LogP contribution is -2.35. The molecule has 0 heterocycles. The van der Waals surface area contributed by atoms with Crippen LogP contribution in [0.1, 0.15) is 0 Å². The van der Waals surface area contributed by atoms with Crippen LogP contribution in [-0.4, -0.2) is 27.8 Å². The maximum atomic E-state index is 12.8. The second-order valence-electron chi connectivity index (χ2n) is 5.23. The summed E-state index contributed by atoms with van der Waals surface area (Å²) >= 11 is 0. The van der Waals surface area contributed by atoms with Gasteiger partial charge in [0.1, 0.15) is 5.25 Å². The highest BCUT2D eigenvalue weighted by molar-refractivity contribution is 7.95. The second-order valence-corrected chi connectivity index (χ2v) is 9.43. The van der Waals surface area contributed by atoms with E-state index in [0.717, 1.165) is 0 Å². The molecular weight excluding hydrogens is 360 g/mol. The second kappa shape index (κ2) is 7.47. The average molecular weight is 374 g/mol. The van der Waals surface area contributed by atoms with Crippen molar-refractivity contribution in [3.05, 3.63) is 60.7 Å². The van der Waals surface area contributed by atoms with Crippen molar-refractivity contribution in [3.8, 4) is 12.1 Å². The first-order chi connectivity index (χ1) is 11.8. The molecule has 0 fully saturated rings. The van der Waals surface area contributed by atoms with Gasteiger partial charge in [-0.2, -0.15) is 10.5 Å². The van der Waals surface area contributed by atoms with Crippen molar-refractivity contribution >= 4 is 19.7 Å². The van der Waals surface area contributed by atoms with Crippen LogP contribution in [0.2, 0.25) is 0 Å². The third kappa shape index (κ3) is 4.05. The minimum atomic E-state index is -4.19. The molecule has 2 aromatic carbocycles. The molecule has 8 heteroatoms. The Morgan fingerprint density at radius 2 is 1.20 bits per heavy atom. The van der Waals surface area contributed by atoms with Crippen LogP contribution < -0.4 is 0 Å². The summed E-state index contributed by atoms with van der Waals surface area (Å²) in [5, 5.41) is 16.6. The summed E-state index contributed by atoms with van der Waals surface area (Å²) in [6, 6.07) is 17.7. The Kier molecular flexibility index (Phi) is 5.58. The van der Waals surface area contributed by atoms with Crippen LogP contribution in [-0.2, 0) is 19.7 Å². The van der Waals surface area contributed by atoms with Crippen molar-refractivity contribution in [1.29, 1.82) is 10.5 Å². The highest BCUT2D eigenvalue weighted by Crippen LogP contribution is 2.25. The SMILES string of the molecule is N#CC(C#N)C(CS(=O)(=O)c1ccccc1)S(=O)(=O)c1ccccc1. The standard InChI is InChI=1S/C17H14N2O4S2/c18-11-14(12-19)17(25(22,23)16-9-5-2-6-10-16)13-24(20,21)15-7-3-1-4-8-15/h1-10,14,17H,13H2. The molecule has 0 aromatic heterocycles. The Morgan fingerprint density at radius 3 is 1.64 bits per heavy atom. The summed E-state index contributed by atoms with van der Waals surface area (Å²) < 4.78 is 50.8. The van der Waals surface area contributed by atoms with E-state index in [1.165, 1.54) is 48.5 Å². The van der Waals surface area contributed by atoms with Crippen molar-refractivity contribution in [3.63, 3.8) is 0 Å². The lowest BCUT2D eigenvalue weighted by atomic mass is 10.1. The fourth-order valence-electron chi connectivity index (χ4n) is 2.29. The Hall–Kier alpha value is -2.68. The highest BCUT2D eigenvalue weighted by atomic mass is 32.2. The first-order valence-corrected chi connectivity index (χ1v) is 10.4. The van der Waals surface area contributed by atoms with Crippen LogP contribution in [0.3, 0.4) is 0 Å². The predicted molar refractivity (Wildman–Crippen MR) is 90.6 cm³/mol. The smallest absolute Gasteiger partial charge is 0.184 e. The van der Waals surface area contributed by atoms with E-state index in [4.69, 9.17) is 10.5 Å². The van der Waals surface area contributed by atoms with E-state index in [2.05, 4.69) is 0 Å². The summed E-state index contributed by atoms with van der Waals surface area (Å²) in [6.45, 7) is 0. The molecule has 0 saturated heterocycles. The molecule has 128 valence electrons. The molecule has 6 nitrogen and oxygen atoms in total. The molecule has 1 atom stereocenters. The van der Waals surface area contributed by atoms with Gasteiger partial charge >= 0.3 is 0 Å². The molecule has 0 bridgehead atoms. The minimum Gasteiger partial charge on any atom is -0.224 e. The highest BCUT2D eigenvalue weighted by Gasteiger charge is 2.39. The minimum absolute atomic E-state index is 0.0575. The van der Waals surface area contributed by atoms with E-state index >= 15 is 0 Å². The quantitative estimate of drug-likeness (QED) is 0.763. The molecule has 0 aliphatic rings. The predicted octanol–water partition coefficient (Wildman–Crippen LogP) is 1.97. The summed E-state index contributed by atoms with van der Waals surface area (Å²) in [6.07, 6.45) is 0. The normalized spacial score (nSPS) is 12.9.